The van der Waals surface area contributed by atoms with Crippen LogP contribution in [0.15, 0.2) is 0 Å². The summed E-state index contributed by atoms with van der Waals surface area (Å²) in [6, 6.07) is 0. The number of aliphatic hydroxyl groups excluding tert-OH is 1. The Bertz CT molecular complexity index is 310. The van der Waals surface area contributed by atoms with Crippen molar-refractivity contribution in [2.45, 2.75) is 38.3 Å². The van der Waals surface area contributed by atoms with E-state index in [0.29, 0.717) is 0 Å². The van der Waals surface area contributed by atoms with Gasteiger partial charge < -0.3 is 10.8 Å². The van der Waals surface area contributed by atoms with Crippen molar-refractivity contribution in [2.24, 2.45) is 5.73 Å². The number of aliphatic hydroxyl groups is 1. The van der Waals surface area contributed by atoms with Gasteiger partial charge in [-0.3, -0.25) is 4.57 Å². The fourth-order valence-corrected chi connectivity index (χ4v) is 1.92. The summed E-state index contributed by atoms with van der Waals surface area (Å²) in [7, 11) is 0. The van der Waals surface area contributed by atoms with Crippen molar-refractivity contribution in [1.82, 2.24) is 14.8 Å². The molecule has 0 saturated carbocycles. The quantitative estimate of drug-likeness (QED) is 0.713. The number of hydrogen-bond donors (Lipinski definition) is 2. The van der Waals surface area contributed by atoms with Crippen LogP contribution < -0.4 is 5.73 Å². The first kappa shape index (κ1) is 9.61. The molecule has 1 aromatic rings. The van der Waals surface area contributed by atoms with Gasteiger partial charge in [0, 0.05) is 19.4 Å². The molecule has 0 saturated heterocycles. The second-order valence-electron chi connectivity index (χ2n) is 3.69. The van der Waals surface area contributed by atoms with Gasteiger partial charge in [-0.2, -0.15) is 0 Å². The van der Waals surface area contributed by atoms with Gasteiger partial charge in [0.2, 0.25) is 0 Å². The highest BCUT2D eigenvalue weighted by Gasteiger charge is 2.21. The molecule has 0 radical (unpaired) electrons. The molecule has 1 aliphatic rings. The molecule has 5 heteroatoms. The Balaban J connectivity index is 2.20. The monoisotopic (exact) mass is 196 g/mol. The van der Waals surface area contributed by atoms with Crippen LogP contribution in [-0.4, -0.2) is 26.5 Å². The lowest BCUT2D eigenvalue weighted by Crippen LogP contribution is -2.26. The molecule has 1 unspecified atom stereocenters. The van der Waals surface area contributed by atoms with Gasteiger partial charge in [0.05, 0.1) is 6.17 Å². The predicted octanol–water partition coefficient (Wildman–Crippen LogP) is -0.00340. The fourth-order valence-electron chi connectivity index (χ4n) is 1.92. The van der Waals surface area contributed by atoms with E-state index in [0.717, 1.165) is 43.8 Å². The van der Waals surface area contributed by atoms with E-state index in [-0.39, 0.29) is 12.8 Å². The molecule has 3 N–H and O–H groups in total. The summed E-state index contributed by atoms with van der Waals surface area (Å²) >= 11 is 0. The third-order valence-corrected chi connectivity index (χ3v) is 2.63. The maximum Gasteiger partial charge on any atom is 0.134 e. The van der Waals surface area contributed by atoms with Crippen LogP contribution in [-0.2, 0) is 12.8 Å². The third kappa shape index (κ3) is 1.65. The summed E-state index contributed by atoms with van der Waals surface area (Å²) in [4.78, 5) is 0. The molecule has 1 aliphatic heterocycles. The van der Waals surface area contributed by atoms with Crippen LogP contribution in [0.3, 0.4) is 0 Å². The highest BCUT2D eigenvalue weighted by Crippen LogP contribution is 2.21. The Morgan fingerprint density at radius 1 is 1.50 bits per heavy atom. The van der Waals surface area contributed by atoms with Crippen molar-refractivity contribution in [3.8, 4) is 0 Å². The van der Waals surface area contributed by atoms with E-state index < -0.39 is 0 Å². The first-order valence-electron chi connectivity index (χ1n) is 5.12. The molecule has 5 nitrogen and oxygen atoms in total. The van der Waals surface area contributed by atoms with Crippen molar-refractivity contribution in [3.05, 3.63) is 11.6 Å². The number of hydrogen-bond acceptors (Lipinski definition) is 4. The second-order valence-corrected chi connectivity index (χ2v) is 3.69. The van der Waals surface area contributed by atoms with Gasteiger partial charge >= 0.3 is 0 Å². The molecule has 0 fully saturated rings. The summed E-state index contributed by atoms with van der Waals surface area (Å²) < 4.78 is 2.03. The molecule has 14 heavy (non-hydrogen) atoms. The van der Waals surface area contributed by atoms with Crippen LogP contribution in [0.1, 0.15) is 37.1 Å². The second kappa shape index (κ2) is 4.06. The Morgan fingerprint density at radius 2 is 2.36 bits per heavy atom. The van der Waals surface area contributed by atoms with E-state index in [2.05, 4.69) is 10.2 Å². The summed E-state index contributed by atoms with van der Waals surface area (Å²) in [5.74, 6) is 1.91. The molecular weight excluding hydrogens is 180 g/mol. The fraction of sp³-hybridized carbons (Fsp3) is 0.778. The number of fused-ring (bicyclic) bond motifs is 1. The van der Waals surface area contributed by atoms with Crippen molar-refractivity contribution in [2.75, 3.05) is 6.61 Å². The summed E-state index contributed by atoms with van der Waals surface area (Å²) in [5, 5.41) is 17.0. The van der Waals surface area contributed by atoms with Crippen LogP contribution in [0.2, 0.25) is 0 Å². The van der Waals surface area contributed by atoms with Crippen LogP contribution in [0.5, 0.6) is 0 Å². The highest BCUT2D eigenvalue weighted by atomic mass is 16.2. The molecule has 0 aromatic carbocycles. The van der Waals surface area contributed by atoms with Crippen LogP contribution >= 0.6 is 0 Å². The van der Waals surface area contributed by atoms with E-state index in [1.165, 1.54) is 0 Å². The van der Waals surface area contributed by atoms with E-state index in [9.17, 15) is 0 Å². The average molecular weight is 196 g/mol. The minimum absolute atomic E-state index is 0.0300. The summed E-state index contributed by atoms with van der Waals surface area (Å²) in [6.07, 6.45) is 4.58. The van der Waals surface area contributed by atoms with Crippen LogP contribution in [0, 0.1) is 0 Å². The number of rotatable bonds is 3. The number of aromatic nitrogens is 3. The molecule has 0 spiro atoms. The largest absolute Gasteiger partial charge is 0.396 e. The number of nitrogens with two attached hydrogens (primary N) is 1. The summed E-state index contributed by atoms with van der Waals surface area (Å²) in [5.41, 5.74) is 5.98. The van der Waals surface area contributed by atoms with E-state index in [4.69, 9.17) is 10.8 Å². The topological polar surface area (TPSA) is 77.0 Å². The van der Waals surface area contributed by atoms with Gasteiger partial charge in [-0.05, 0) is 19.3 Å². The van der Waals surface area contributed by atoms with Crippen LogP contribution in [0.25, 0.3) is 0 Å². The smallest absolute Gasteiger partial charge is 0.134 e. The van der Waals surface area contributed by atoms with E-state index in [1.54, 1.807) is 0 Å². The third-order valence-electron chi connectivity index (χ3n) is 2.63. The Labute approximate surface area is 82.9 Å². The molecule has 78 valence electrons. The van der Waals surface area contributed by atoms with Gasteiger partial charge in [0.25, 0.3) is 0 Å². The lowest BCUT2D eigenvalue weighted by atomic mass is 10.1. The Morgan fingerprint density at radius 3 is 3.14 bits per heavy atom. The van der Waals surface area contributed by atoms with Crippen molar-refractivity contribution < 1.29 is 5.11 Å². The normalized spacial score (nSPS) is 20.9. The molecule has 1 atom stereocenters. The maximum absolute atomic E-state index is 8.75. The Kier molecular flexibility index (Phi) is 2.79. The zero-order chi connectivity index (χ0) is 9.97. The SMILES string of the molecule is NC1CCCc2nnc(CCCO)n21. The molecule has 2 rings (SSSR count). The molecule has 0 amide bonds. The lowest BCUT2D eigenvalue weighted by Gasteiger charge is -2.22. The van der Waals surface area contributed by atoms with Crippen molar-refractivity contribution in [1.29, 1.82) is 0 Å². The molecule has 1 aromatic heterocycles. The Hall–Kier alpha value is -0.940. The summed E-state index contributed by atoms with van der Waals surface area (Å²) in [6.45, 7) is 0.192. The van der Waals surface area contributed by atoms with Gasteiger partial charge in [0.1, 0.15) is 11.6 Å². The van der Waals surface area contributed by atoms with Crippen molar-refractivity contribution in [3.63, 3.8) is 0 Å². The van der Waals surface area contributed by atoms with Crippen LogP contribution in [0.4, 0.5) is 0 Å². The zero-order valence-corrected chi connectivity index (χ0v) is 8.19. The predicted molar refractivity (Wildman–Crippen MR) is 51.6 cm³/mol. The zero-order valence-electron chi connectivity index (χ0n) is 8.19. The van der Waals surface area contributed by atoms with Gasteiger partial charge in [-0.1, -0.05) is 0 Å². The average Bonchev–Trinajstić information content (AvgIpc) is 2.59. The highest BCUT2D eigenvalue weighted by molar-refractivity contribution is 5.01. The van der Waals surface area contributed by atoms with Gasteiger partial charge in [0.15, 0.2) is 0 Å². The minimum Gasteiger partial charge on any atom is -0.396 e. The van der Waals surface area contributed by atoms with E-state index in [1.807, 2.05) is 4.57 Å². The first-order chi connectivity index (χ1) is 6.83. The molecule has 0 aliphatic carbocycles. The number of nitrogens with zero attached hydrogens (tertiary/aromatic N) is 3. The maximum atomic E-state index is 8.75. The van der Waals surface area contributed by atoms with Gasteiger partial charge in [-0.25, -0.2) is 0 Å². The lowest BCUT2D eigenvalue weighted by molar-refractivity contribution is 0.285. The first-order valence-corrected chi connectivity index (χ1v) is 5.12. The minimum atomic E-state index is 0.0300. The number of aryl methyl sites for hydroxylation is 2. The molecular formula is C9H16N4O. The van der Waals surface area contributed by atoms with Gasteiger partial charge in [-0.15, -0.1) is 10.2 Å². The molecule has 2 heterocycles. The van der Waals surface area contributed by atoms with E-state index >= 15 is 0 Å². The standard InChI is InChI=1S/C9H16N4O/c10-7-3-1-4-8-11-12-9(13(7)8)5-2-6-14/h7,14H,1-6,10H2. The molecule has 0 bridgehead atoms. The van der Waals surface area contributed by atoms with Crippen molar-refractivity contribution >= 4 is 0 Å².